The predicted molar refractivity (Wildman–Crippen MR) is 240 cm³/mol. The van der Waals surface area contributed by atoms with Gasteiger partial charge in [0.1, 0.15) is 5.58 Å². The van der Waals surface area contributed by atoms with Gasteiger partial charge in [-0.1, -0.05) is 129 Å². The monoisotopic (exact) mass is 954 g/mol. The maximum atomic E-state index is 6.30. The van der Waals surface area contributed by atoms with Crippen LogP contribution in [0.1, 0.15) is 31.9 Å². The van der Waals surface area contributed by atoms with Crippen LogP contribution < -0.4 is 5.19 Å². The van der Waals surface area contributed by atoms with Crippen molar-refractivity contribution in [3.63, 3.8) is 0 Å². The normalized spacial score (nSPS) is 12.0. The largest absolute Gasteiger partial charge is 0.501 e. The Kier molecular flexibility index (Phi) is 10.2. The minimum absolute atomic E-state index is 0. The molecule has 1 radical (unpaired) electrons. The minimum Gasteiger partial charge on any atom is -0.501 e. The van der Waals surface area contributed by atoms with E-state index in [-0.39, 0.29) is 25.5 Å². The van der Waals surface area contributed by atoms with Crippen molar-refractivity contribution < 1.29 is 24.5 Å². The van der Waals surface area contributed by atoms with E-state index >= 15 is 0 Å². The van der Waals surface area contributed by atoms with Crippen LogP contribution in [-0.2, 0) is 25.5 Å². The van der Waals surface area contributed by atoms with Gasteiger partial charge in [0, 0.05) is 42.1 Å². The number of hydrogen-bond acceptors (Lipinski definition) is 4. The number of rotatable bonds is 4. The van der Waals surface area contributed by atoms with Crippen molar-refractivity contribution in [3.8, 4) is 28.3 Å². The Balaban J connectivity index is 0.000000163. The Morgan fingerprint density at radius 2 is 1.39 bits per heavy atom. The van der Waals surface area contributed by atoms with E-state index in [1.54, 1.807) is 0 Å². The summed E-state index contributed by atoms with van der Waals surface area (Å²) in [7, 11) is -1.35. The van der Waals surface area contributed by atoms with Crippen LogP contribution in [0.2, 0.25) is 19.6 Å². The third-order valence-electron chi connectivity index (χ3n) is 10.6. The molecule has 7 heteroatoms. The van der Waals surface area contributed by atoms with E-state index in [1.807, 2.05) is 47.7 Å². The third kappa shape index (κ3) is 7.08. The van der Waals surface area contributed by atoms with Crippen molar-refractivity contribution in [1.29, 1.82) is 0 Å². The van der Waals surface area contributed by atoms with Crippen LogP contribution in [0.15, 0.2) is 138 Å². The molecule has 0 amide bonds. The summed E-state index contributed by atoms with van der Waals surface area (Å²) in [6.07, 6.45) is 2.09. The molecule has 10 rings (SSSR count). The fourth-order valence-electron chi connectivity index (χ4n) is 7.78. The summed E-state index contributed by atoms with van der Waals surface area (Å²) in [6, 6.07) is 51.1. The quantitative estimate of drug-likeness (QED) is 0.130. The summed E-state index contributed by atoms with van der Waals surface area (Å²) in [5, 5.41) is 6.25. The molecule has 4 heterocycles. The number of aryl methyl sites for hydroxylation is 1. The molecule has 0 saturated heterocycles. The van der Waals surface area contributed by atoms with Crippen molar-refractivity contribution in [2.24, 2.45) is 0 Å². The first-order valence-electron chi connectivity index (χ1n) is 19.2. The Bertz CT molecular complexity index is 3070. The number of furan rings is 1. The third-order valence-corrected chi connectivity index (χ3v) is 14.0. The van der Waals surface area contributed by atoms with Gasteiger partial charge in [-0.3, -0.25) is 4.98 Å². The average molecular weight is 954 g/mol. The molecule has 0 saturated carbocycles. The summed E-state index contributed by atoms with van der Waals surface area (Å²) in [4.78, 5) is 9.83. The standard InChI is InChI=1S/C29H23N2O.C21H20NSSi.Ir/c1-29(2,3)19-15-17-20(18-16-19)31-25-13-6-5-12-24(25)30-28(31)23-11-8-10-22-21-9-4-7-14-26(21)32-27(22)23;1-14-12-18(22-13-20(14)24(2,3)4)17-10-7-9-16-15-8-5-6-11-19(15)23-21(16)17;/h4-10,12-18H,1-3H3;5-9,11-13H,1-4H3;/q2*-1;. The molecule has 10 aromatic rings. The fraction of sp³-hybridized carbons (Fsp3) is 0.160. The van der Waals surface area contributed by atoms with Crippen molar-refractivity contribution in [3.05, 3.63) is 157 Å². The van der Waals surface area contributed by atoms with Crippen LogP contribution >= 0.6 is 11.3 Å². The topological polar surface area (TPSA) is 43.9 Å². The Hall–Kier alpha value is -5.17. The number of aromatic nitrogens is 3. The van der Waals surface area contributed by atoms with E-state index in [4.69, 9.17) is 14.4 Å². The average Bonchev–Trinajstić information content (AvgIpc) is 3.89. The van der Waals surface area contributed by atoms with E-state index in [9.17, 15) is 0 Å². The van der Waals surface area contributed by atoms with Gasteiger partial charge in [-0.25, -0.2) is 0 Å². The second-order valence-electron chi connectivity index (χ2n) is 16.6. The van der Waals surface area contributed by atoms with Gasteiger partial charge >= 0.3 is 0 Å². The molecule has 0 unspecified atom stereocenters. The molecule has 0 atom stereocenters. The molecule has 0 fully saturated rings. The van der Waals surface area contributed by atoms with E-state index < -0.39 is 8.07 Å². The number of fused-ring (bicyclic) bond motifs is 7. The Morgan fingerprint density at radius 3 is 2.12 bits per heavy atom. The maximum Gasteiger partial charge on any atom is 0.120 e. The van der Waals surface area contributed by atoms with Gasteiger partial charge in [0.2, 0.25) is 0 Å². The number of nitrogens with zero attached hydrogens (tertiary/aromatic N) is 3. The zero-order valence-electron chi connectivity index (χ0n) is 33.2. The van der Waals surface area contributed by atoms with Gasteiger partial charge in [-0.15, -0.1) is 42.0 Å². The molecule has 0 bridgehead atoms. The first-order valence-corrected chi connectivity index (χ1v) is 23.5. The first kappa shape index (κ1) is 38.7. The van der Waals surface area contributed by atoms with Crippen LogP contribution in [0.5, 0.6) is 0 Å². The molecule has 4 aromatic heterocycles. The molecule has 0 aliphatic heterocycles. The second kappa shape index (κ2) is 15.0. The summed E-state index contributed by atoms with van der Waals surface area (Å²) >= 11 is 1.84. The van der Waals surface area contributed by atoms with Gasteiger partial charge in [-0.2, -0.15) is 11.3 Å². The molecule has 0 aliphatic rings. The van der Waals surface area contributed by atoms with Crippen LogP contribution in [0.4, 0.5) is 0 Å². The first-order chi connectivity index (χ1) is 27.0. The van der Waals surface area contributed by atoms with Gasteiger partial charge < -0.3 is 14.0 Å². The molecule has 4 nitrogen and oxygen atoms in total. The van der Waals surface area contributed by atoms with Gasteiger partial charge in [0.05, 0.1) is 30.5 Å². The van der Waals surface area contributed by atoms with Gasteiger partial charge in [0.15, 0.2) is 0 Å². The number of para-hydroxylation sites is 3. The molecule has 0 spiro atoms. The number of thiophene rings is 1. The van der Waals surface area contributed by atoms with Gasteiger partial charge in [0.25, 0.3) is 0 Å². The van der Waals surface area contributed by atoms with Crippen molar-refractivity contribution in [2.75, 3.05) is 0 Å². The SMILES string of the molecule is CC(C)(C)c1ccc(-n2c(-c3[c-]ccc4c3oc3ccccc34)nc3ccccc32)cc1.Cc1cc(-c2[c-]ccc3c2sc2ccccc23)ncc1[Si](C)(C)C.[Ir]. The predicted octanol–water partition coefficient (Wildman–Crippen LogP) is 13.5. The zero-order valence-corrected chi connectivity index (χ0v) is 37.4. The number of benzene rings is 6. The Labute approximate surface area is 352 Å². The summed E-state index contributed by atoms with van der Waals surface area (Å²) in [5.74, 6) is 0.833. The molecule has 6 aromatic carbocycles. The molecular formula is C50H43IrN3OSSi-2. The fourth-order valence-corrected chi connectivity index (χ4v) is 10.7. The van der Waals surface area contributed by atoms with E-state index in [0.717, 1.165) is 61.3 Å². The van der Waals surface area contributed by atoms with Crippen LogP contribution in [-0.4, -0.2) is 22.6 Å². The molecular weight excluding hydrogens is 911 g/mol. The molecule has 0 N–H and O–H groups in total. The van der Waals surface area contributed by atoms with Crippen molar-refractivity contribution >= 4 is 77.7 Å². The molecule has 285 valence electrons. The van der Waals surface area contributed by atoms with Crippen molar-refractivity contribution in [1.82, 2.24) is 14.5 Å². The second-order valence-corrected chi connectivity index (χ2v) is 22.7. The zero-order chi connectivity index (χ0) is 38.8. The van der Waals surface area contributed by atoms with Crippen molar-refractivity contribution in [2.45, 2.75) is 52.8 Å². The number of imidazole rings is 1. The number of pyridine rings is 1. The number of hydrogen-bond donors (Lipinski definition) is 0. The van der Waals surface area contributed by atoms with Crippen LogP contribution in [0.3, 0.4) is 0 Å². The van der Waals surface area contributed by atoms with E-state index in [2.05, 4.69) is 161 Å². The van der Waals surface area contributed by atoms with Crippen LogP contribution in [0, 0.1) is 19.1 Å². The maximum absolute atomic E-state index is 6.30. The summed E-state index contributed by atoms with van der Waals surface area (Å²) < 4.78 is 11.1. The van der Waals surface area contributed by atoms with E-state index in [0.29, 0.717) is 0 Å². The van der Waals surface area contributed by atoms with E-state index in [1.165, 1.54) is 36.5 Å². The van der Waals surface area contributed by atoms with Crippen LogP contribution in [0.25, 0.3) is 81.5 Å². The summed E-state index contributed by atoms with van der Waals surface area (Å²) in [5.41, 5.74) is 10.6. The smallest absolute Gasteiger partial charge is 0.120 e. The summed E-state index contributed by atoms with van der Waals surface area (Å²) in [6.45, 7) is 16.0. The molecule has 0 aliphatic carbocycles. The minimum atomic E-state index is -1.35. The molecule has 57 heavy (non-hydrogen) atoms. The Morgan fingerprint density at radius 1 is 0.719 bits per heavy atom. The van der Waals surface area contributed by atoms with Gasteiger partial charge in [-0.05, 0) is 75.3 Å².